The van der Waals surface area contributed by atoms with E-state index in [9.17, 15) is 29.0 Å². The van der Waals surface area contributed by atoms with Gasteiger partial charge in [0.1, 0.15) is 4.90 Å². The van der Waals surface area contributed by atoms with Gasteiger partial charge in [-0.05, 0) is 44.5 Å². The van der Waals surface area contributed by atoms with Crippen LogP contribution in [-0.2, 0) is 14.3 Å². The first-order valence-corrected chi connectivity index (χ1v) is 8.81. The molecule has 0 atom stereocenters. The number of halogens is 5. The maximum absolute atomic E-state index is 12.6. The maximum Gasteiger partial charge on any atom is 0.312 e. The number of rotatable bonds is 6. The molecule has 4 nitrogen and oxygen atoms in total. The summed E-state index contributed by atoms with van der Waals surface area (Å²) in [6.07, 6.45) is 0.489. The fourth-order valence-electron chi connectivity index (χ4n) is 1.46. The first-order chi connectivity index (χ1) is 10.5. The van der Waals surface area contributed by atoms with Crippen LogP contribution in [0.1, 0.15) is 27.2 Å². The van der Waals surface area contributed by atoms with Crippen LogP contribution in [0.25, 0.3) is 0 Å². The molecule has 0 saturated carbocycles. The second-order valence-electron chi connectivity index (χ2n) is 5.86. The number of nitrogens with one attached hydrogen (secondary N) is 1. The van der Waals surface area contributed by atoms with E-state index >= 15 is 0 Å². The van der Waals surface area contributed by atoms with Crippen LogP contribution < -0.4 is 5.32 Å². The Hall–Kier alpha value is -1.84. The van der Waals surface area contributed by atoms with E-state index in [0.717, 1.165) is 0 Å². The molecule has 1 aromatic carbocycles. The Kier molecular flexibility index (Phi) is 4.72. The van der Waals surface area contributed by atoms with Gasteiger partial charge >= 0.3 is 16.2 Å². The zero-order valence-corrected chi connectivity index (χ0v) is 14.1. The SMILES string of the molecule is CCC(C)(C)C(=O)OCC(=O)Nc1ccc(S(F)(F)(F)(F)F)cc1. The molecule has 1 amide bonds. The first-order valence-electron chi connectivity index (χ1n) is 6.86. The van der Waals surface area contributed by atoms with Crippen LogP contribution in [-0.4, -0.2) is 18.5 Å². The van der Waals surface area contributed by atoms with E-state index in [0.29, 0.717) is 18.6 Å². The third-order valence-corrected chi connectivity index (χ3v) is 4.52. The average Bonchev–Trinajstić information content (AvgIpc) is 2.42. The van der Waals surface area contributed by atoms with Crippen molar-refractivity contribution in [3.8, 4) is 0 Å². The normalized spacial score (nSPS) is 15.2. The number of ether oxygens (including phenoxy) is 1. The van der Waals surface area contributed by atoms with E-state index in [1.54, 1.807) is 20.8 Å². The Labute approximate surface area is 136 Å². The van der Waals surface area contributed by atoms with Gasteiger partial charge in [0.25, 0.3) is 5.91 Å². The molecule has 1 N–H and O–H groups in total. The van der Waals surface area contributed by atoms with Gasteiger partial charge in [0.15, 0.2) is 6.61 Å². The van der Waals surface area contributed by atoms with Crippen molar-refractivity contribution in [2.45, 2.75) is 32.1 Å². The number of hydrogen-bond donors (Lipinski definition) is 1. The van der Waals surface area contributed by atoms with Gasteiger partial charge in [-0.3, -0.25) is 9.59 Å². The molecule has 0 aliphatic heterocycles. The predicted octanol–water partition coefficient (Wildman–Crippen LogP) is 5.26. The van der Waals surface area contributed by atoms with E-state index < -0.39 is 39.0 Å². The minimum Gasteiger partial charge on any atom is -0.455 e. The van der Waals surface area contributed by atoms with Gasteiger partial charge < -0.3 is 10.1 Å². The lowest BCUT2D eigenvalue weighted by Crippen LogP contribution is -2.29. The molecule has 0 saturated heterocycles. The maximum atomic E-state index is 12.6. The van der Waals surface area contributed by atoms with E-state index in [4.69, 9.17) is 4.74 Å². The molecule has 0 aromatic heterocycles. The van der Waals surface area contributed by atoms with Crippen LogP contribution in [0.3, 0.4) is 0 Å². The molecule has 0 aliphatic rings. The van der Waals surface area contributed by atoms with Crippen molar-refractivity contribution in [2.75, 3.05) is 11.9 Å². The second kappa shape index (κ2) is 5.61. The monoisotopic (exact) mass is 375 g/mol. The fourth-order valence-corrected chi connectivity index (χ4v) is 2.11. The highest BCUT2D eigenvalue weighted by Gasteiger charge is 2.65. The highest BCUT2D eigenvalue weighted by atomic mass is 32.5. The Morgan fingerprint density at radius 3 is 2.00 bits per heavy atom. The van der Waals surface area contributed by atoms with Gasteiger partial charge in [0, 0.05) is 5.69 Å². The molecule has 138 valence electrons. The van der Waals surface area contributed by atoms with Gasteiger partial charge in [-0.1, -0.05) is 26.4 Å². The Balaban J connectivity index is 2.69. The largest absolute Gasteiger partial charge is 0.455 e. The summed E-state index contributed by atoms with van der Waals surface area (Å²) in [4.78, 5) is 21.2. The summed E-state index contributed by atoms with van der Waals surface area (Å²) in [5.74, 6) is -1.40. The Morgan fingerprint density at radius 1 is 1.08 bits per heavy atom. The summed E-state index contributed by atoms with van der Waals surface area (Å²) in [7, 11) is -9.74. The number of carbonyl (C=O) groups is 2. The predicted molar refractivity (Wildman–Crippen MR) is 81.5 cm³/mol. The average molecular weight is 375 g/mol. The van der Waals surface area contributed by atoms with Crippen molar-refractivity contribution in [3.63, 3.8) is 0 Å². The van der Waals surface area contributed by atoms with Gasteiger partial charge in [0.05, 0.1) is 5.41 Å². The van der Waals surface area contributed by atoms with E-state index in [-0.39, 0.29) is 17.8 Å². The lowest BCUT2D eigenvalue weighted by atomic mass is 9.91. The molecule has 0 heterocycles. The van der Waals surface area contributed by atoms with Crippen LogP contribution in [0.2, 0.25) is 0 Å². The summed E-state index contributed by atoms with van der Waals surface area (Å²) in [5.41, 5.74) is -0.903. The minimum atomic E-state index is -9.74. The number of benzene rings is 1. The van der Waals surface area contributed by atoms with Crippen molar-refractivity contribution in [3.05, 3.63) is 24.3 Å². The van der Waals surface area contributed by atoms with Crippen LogP contribution in [0.5, 0.6) is 0 Å². The van der Waals surface area contributed by atoms with E-state index in [2.05, 4.69) is 5.32 Å². The quantitative estimate of drug-likeness (QED) is 0.545. The summed E-state index contributed by atoms with van der Waals surface area (Å²) in [6.45, 7) is 4.39. The van der Waals surface area contributed by atoms with Crippen LogP contribution in [0.15, 0.2) is 29.2 Å². The number of hydrogen-bond acceptors (Lipinski definition) is 3. The molecular formula is C14H18F5NO3S. The summed E-state index contributed by atoms with van der Waals surface area (Å²) >= 11 is 0. The third-order valence-electron chi connectivity index (χ3n) is 3.35. The van der Waals surface area contributed by atoms with Gasteiger partial charge in [0.2, 0.25) is 0 Å². The number of anilines is 1. The molecule has 0 spiro atoms. The fraction of sp³-hybridized carbons (Fsp3) is 0.429. The molecular weight excluding hydrogens is 357 g/mol. The summed E-state index contributed by atoms with van der Waals surface area (Å²) in [6, 6.07) is 1.76. The van der Waals surface area contributed by atoms with E-state index in [1.165, 1.54) is 0 Å². The van der Waals surface area contributed by atoms with Gasteiger partial charge in [-0.15, -0.1) is 0 Å². The van der Waals surface area contributed by atoms with E-state index in [1.807, 2.05) is 0 Å². The lowest BCUT2D eigenvalue weighted by molar-refractivity contribution is -0.156. The standard InChI is InChI=1S/C14H18F5NO3S/c1-4-14(2,3)13(22)23-9-12(21)20-10-5-7-11(8-6-10)24(15,16,17,18)19/h5-8H,4,9H2,1-3H3,(H,20,21). The highest BCUT2D eigenvalue weighted by Crippen LogP contribution is 3.02. The Bertz CT molecular complexity index is 641. The molecule has 0 aliphatic carbocycles. The van der Waals surface area contributed by atoms with Crippen molar-refractivity contribution in [1.82, 2.24) is 0 Å². The molecule has 0 fully saturated rings. The lowest BCUT2D eigenvalue weighted by Gasteiger charge is -2.40. The van der Waals surface area contributed by atoms with Crippen molar-refractivity contribution in [2.24, 2.45) is 5.41 Å². The molecule has 0 bridgehead atoms. The molecule has 10 heteroatoms. The van der Waals surface area contributed by atoms with Gasteiger partial charge in [-0.25, -0.2) is 0 Å². The number of amides is 1. The summed E-state index contributed by atoms with van der Waals surface area (Å²) in [5, 5.41) is 2.16. The zero-order valence-electron chi connectivity index (χ0n) is 13.2. The molecule has 24 heavy (non-hydrogen) atoms. The van der Waals surface area contributed by atoms with Crippen LogP contribution in [0, 0.1) is 5.41 Å². The zero-order chi connectivity index (χ0) is 18.9. The molecule has 0 radical (unpaired) electrons. The molecule has 1 rings (SSSR count). The first kappa shape index (κ1) is 20.2. The minimum absolute atomic E-state index is 0.128. The van der Waals surface area contributed by atoms with Crippen LogP contribution in [0.4, 0.5) is 25.1 Å². The topological polar surface area (TPSA) is 55.4 Å². The highest BCUT2D eigenvalue weighted by molar-refractivity contribution is 8.45. The molecule has 0 unspecified atom stereocenters. The smallest absolute Gasteiger partial charge is 0.312 e. The number of carbonyl (C=O) groups excluding carboxylic acids is 2. The number of esters is 1. The van der Waals surface area contributed by atoms with Gasteiger partial charge in [-0.2, -0.15) is 0 Å². The van der Waals surface area contributed by atoms with Crippen molar-refractivity contribution in [1.29, 1.82) is 0 Å². The van der Waals surface area contributed by atoms with Crippen molar-refractivity contribution < 1.29 is 33.8 Å². The summed E-state index contributed by atoms with van der Waals surface area (Å²) < 4.78 is 67.6. The van der Waals surface area contributed by atoms with Crippen LogP contribution >= 0.6 is 10.2 Å². The Morgan fingerprint density at radius 2 is 1.58 bits per heavy atom. The second-order valence-corrected chi connectivity index (χ2v) is 8.26. The molecule has 1 aromatic rings. The third kappa shape index (κ3) is 5.66. The van der Waals surface area contributed by atoms with Crippen molar-refractivity contribution >= 4 is 27.8 Å².